The van der Waals surface area contributed by atoms with E-state index < -0.39 is 34.7 Å². The molecule has 0 fully saturated rings. The van der Waals surface area contributed by atoms with Crippen molar-refractivity contribution in [2.45, 2.75) is 20.3 Å². The topological polar surface area (TPSA) is 101 Å². The standard InChI is InChI=1S/C21H28O6S2/c1-14(2)12-29-13-16(11-28)21(19(25)26)8-6-5-7-20(21,18(23)24)9-10-27-17(22)15(3)4/h5-8,16,28H,1,3,9-13H2,2,4H3,(H,23,24)(H,25,26). The zero-order chi connectivity index (χ0) is 22.2. The third kappa shape index (κ3) is 5.36. The minimum absolute atomic E-state index is 0.175. The van der Waals surface area contributed by atoms with Crippen LogP contribution in [0, 0.1) is 16.7 Å². The number of esters is 1. The maximum absolute atomic E-state index is 12.6. The van der Waals surface area contributed by atoms with Crippen molar-refractivity contribution in [2.75, 3.05) is 23.9 Å². The summed E-state index contributed by atoms with van der Waals surface area (Å²) >= 11 is 5.84. The number of hydrogen-bond acceptors (Lipinski definition) is 6. The Bertz CT molecular complexity index is 741. The van der Waals surface area contributed by atoms with E-state index in [1.54, 1.807) is 6.08 Å². The van der Waals surface area contributed by atoms with Gasteiger partial charge < -0.3 is 14.9 Å². The van der Waals surface area contributed by atoms with E-state index in [1.807, 2.05) is 6.92 Å². The smallest absolute Gasteiger partial charge is 0.333 e. The number of thioether (sulfide) groups is 1. The summed E-state index contributed by atoms with van der Waals surface area (Å²) < 4.78 is 5.09. The number of carboxylic acids is 2. The Morgan fingerprint density at radius 1 is 1.14 bits per heavy atom. The highest BCUT2D eigenvalue weighted by atomic mass is 32.2. The lowest BCUT2D eigenvalue weighted by Crippen LogP contribution is -2.57. The van der Waals surface area contributed by atoms with Crippen LogP contribution < -0.4 is 0 Å². The van der Waals surface area contributed by atoms with Gasteiger partial charge in [0.15, 0.2) is 0 Å². The van der Waals surface area contributed by atoms with Crippen LogP contribution in [0.1, 0.15) is 20.3 Å². The van der Waals surface area contributed by atoms with Crippen LogP contribution >= 0.6 is 24.4 Å². The van der Waals surface area contributed by atoms with Gasteiger partial charge in [0.2, 0.25) is 0 Å². The quantitative estimate of drug-likeness (QED) is 0.184. The second-order valence-corrected chi connectivity index (χ2v) is 8.58. The maximum atomic E-state index is 12.6. The third-order valence-corrected chi connectivity index (χ3v) is 6.71. The van der Waals surface area contributed by atoms with Crippen molar-refractivity contribution in [3.8, 4) is 0 Å². The fourth-order valence-electron chi connectivity index (χ4n) is 3.43. The Morgan fingerprint density at radius 2 is 1.76 bits per heavy atom. The highest BCUT2D eigenvalue weighted by Gasteiger charge is 2.62. The molecule has 0 aromatic rings. The van der Waals surface area contributed by atoms with Gasteiger partial charge >= 0.3 is 17.9 Å². The Morgan fingerprint density at radius 3 is 2.24 bits per heavy atom. The normalized spacial score (nSPS) is 24.0. The Balaban J connectivity index is 3.35. The average Bonchev–Trinajstić information content (AvgIpc) is 2.64. The summed E-state index contributed by atoms with van der Waals surface area (Å²) in [6, 6.07) is 0. The van der Waals surface area contributed by atoms with E-state index >= 15 is 0 Å². The molecule has 1 aliphatic carbocycles. The average molecular weight is 441 g/mol. The fourth-order valence-corrected chi connectivity index (χ4v) is 5.15. The van der Waals surface area contributed by atoms with Crippen LogP contribution in [0.25, 0.3) is 0 Å². The van der Waals surface area contributed by atoms with Crippen LogP contribution in [-0.2, 0) is 19.1 Å². The second-order valence-electron chi connectivity index (χ2n) is 7.19. The van der Waals surface area contributed by atoms with Crippen LogP contribution in [0.3, 0.4) is 0 Å². The number of allylic oxidation sites excluding steroid dienone is 2. The predicted molar refractivity (Wildman–Crippen MR) is 118 cm³/mol. The SMILES string of the molecule is C=C(C)CSCC(CS)C1(C(=O)O)C=CC=CC1(CCOC(=O)C(=C)C)C(=O)O. The molecule has 0 heterocycles. The van der Waals surface area contributed by atoms with Gasteiger partial charge in [-0.1, -0.05) is 43.0 Å². The molecule has 3 unspecified atom stereocenters. The third-order valence-electron chi connectivity index (χ3n) is 4.93. The molecule has 0 amide bonds. The summed E-state index contributed by atoms with van der Waals surface area (Å²) in [6.07, 6.45) is 5.70. The van der Waals surface area contributed by atoms with Crippen LogP contribution in [-0.4, -0.2) is 52.0 Å². The summed E-state index contributed by atoms with van der Waals surface area (Å²) in [6.45, 7) is 10.4. The van der Waals surface area contributed by atoms with E-state index in [9.17, 15) is 24.6 Å². The van der Waals surface area contributed by atoms with Gasteiger partial charge in [0.05, 0.1) is 6.61 Å². The molecule has 0 bridgehead atoms. The first kappa shape index (κ1) is 25.1. The van der Waals surface area contributed by atoms with Crippen LogP contribution in [0.15, 0.2) is 48.6 Å². The molecule has 1 aliphatic rings. The van der Waals surface area contributed by atoms with Gasteiger partial charge in [-0.05, 0) is 31.3 Å². The van der Waals surface area contributed by atoms with Gasteiger partial charge in [-0.15, -0.1) is 0 Å². The first-order chi connectivity index (χ1) is 13.5. The molecule has 0 radical (unpaired) electrons. The van der Waals surface area contributed by atoms with Gasteiger partial charge in [-0.3, -0.25) is 9.59 Å². The molecule has 0 aromatic carbocycles. The number of hydrogen-bond donors (Lipinski definition) is 3. The molecule has 0 spiro atoms. The van der Waals surface area contributed by atoms with Crippen LogP contribution in [0.5, 0.6) is 0 Å². The predicted octanol–water partition coefficient (Wildman–Crippen LogP) is 3.62. The maximum Gasteiger partial charge on any atom is 0.333 e. The summed E-state index contributed by atoms with van der Waals surface area (Å²) in [5, 5.41) is 20.4. The first-order valence-electron chi connectivity index (χ1n) is 9.04. The van der Waals surface area contributed by atoms with Gasteiger partial charge in [-0.2, -0.15) is 24.4 Å². The van der Waals surface area contributed by atoms with Crippen molar-refractivity contribution in [1.82, 2.24) is 0 Å². The Hall–Kier alpha value is -1.93. The minimum Gasteiger partial charge on any atom is -0.481 e. The van der Waals surface area contributed by atoms with Crippen LogP contribution in [0.2, 0.25) is 0 Å². The number of carbonyl (C=O) groups is 3. The van der Waals surface area contributed by atoms with Crippen LogP contribution in [0.4, 0.5) is 0 Å². The Labute approximate surface area is 181 Å². The summed E-state index contributed by atoms with van der Waals surface area (Å²) in [5.41, 5.74) is -2.41. The first-order valence-corrected chi connectivity index (χ1v) is 10.8. The van der Waals surface area contributed by atoms with E-state index in [-0.39, 0.29) is 24.4 Å². The number of aliphatic carboxylic acids is 2. The van der Waals surface area contributed by atoms with Gasteiger partial charge in [0, 0.05) is 17.7 Å². The number of rotatable bonds is 12. The van der Waals surface area contributed by atoms with Gasteiger partial charge in [0.1, 0.15) is 10.8 Å². The molecule has 1 rings (SSSR count). The zero-order valence-electron chi connectivity index (χ0n) is 16.7. The molecule has 6 nitrogen and oxygen atoms in total. The largest absolute Gasteiger partial charge is 0.481 e. The summed E-state index contributed by atoms with van der Waals surface area (Å²) in [4.78, 5) is 36.7. The lowest BCUT2D eigenvalue weighted by atomic mass is 9.54. The van der Waals surface area contributed by atoms with Crippen molar-refractivity contribution in [3.05, 3.63) is 48.6 Å². The van der Waals surface area contributed by atoms with Crippen molar-refractivity contribution < 1.29 is 29.3 Å². The molecular formula is C21H28O6S2. The molecular weight excluding hydrogens is 412 g/mol. The highest BCUT2D eigenvalue weighted by Crippen LogP contribution is 2.53. The molecule has 3 atom stereocenters. The molecule has 0 aliphatic heterocycles. The number of carbonyl (C=O) groups excluding carboxylic acids is 1. The minimum atomic E-state index is -1.79. The fraction of sp³-hybridized carbons (Fsp3) is 0.476. The van der Waals surface area contributed by atoms with Gasteiger partial charge in [-0.25, -0.2) is 4.79 Å². The number of carboxylic acid groups (broad SMARTS) is 2. The van der Waals surface area contributed by atoms with E-state index in [1.165, 1.54) is 36.9 Å². The molecule has 0 saturated heterocycles. The van der Waals surface area contributed by atoms with E-state index in [2.05, 4.69) is 25.8 Å². The molecule has 8 heteroatoms. The van der Waals surface area contributed by atoms with Crippen molar-refractivity contribution in [3.63, 3.8) is 0 Å². The molecule has 0 aromatic heterocycles. The number of thiol groups is 1. The monoisotopic (exact) mass is 440 g/mol. The lowest BCUT2D eigenvalue weighted by Gasteiger charge is -2.47. The van der Waals surface area contributed by atoms with E-state index in [4.69, 9.17) is 4.74 Å². The van der Waals surface area contributed by atoms with E-state index in [0.29, 0.717) is 11.5 Å². The lowest BCUT2D eigenvalue weighted by molar-refractivity contribution is -0.171. The molecule has 160 valence electrons. The second kappa shape index (κ2) is 10.7. The van der Waals surface area contributed by atoms with Gasteiger partial charge in [0.25, 0.3) is 0 Å². The molecule has 0 saturated carbocycles. The van der Waals surface area contributed by atoms with E-state index in [0.717, 1.165) is 5.57 Å². The molecule has 2 N–H and O–H groups in total. The van der Waals surface area contributed by atoms with Crippen molar-refractivity contribution in [2.24, 2.45) is 16.7 Å². The summed E-state index contributed by atoms with van der Waals surface area (Å²) in [7, 11) is 0. The number of ether oxygens (including phenoxy) is 1. The van der Waals surface area contributed by atoms with Crippen molar-refractivity contribution >= 4 is 42.3 Å². The molecule has 29 heavy (non-hydrogen) atoms. The summed E-state index contributed by atoms with van der Waals surface area (Å²) in [5.74, 6) is -2.57. The Kier molecular flexibility index (Phi) is 9.29. The zero-order valence-corrected chi connectivity index (χ0v) is 18.4. The van der Waals surface area contributed by atoms with Crippen molar-refractivity contribution in [1.29, 1.82) is 0 Å². The highest BCUT2D eigenvalue weighted by molar-refractivity contribution is 7.99.